The number of ether oxygens (including phenoxy) is 2. The van der Waals surface area contributed by atoms with Crippen molar-refractivity contribution in [3.05, 3.63) is 23.3 Å². The SMILES string of the molecule is OC1c2cc3c(cc2CC1Br)OCO3. The van der Waals surface area contributed by atoms with E-state index in [1.165, 1.54) is 0 Å². The summed E-state index contributed by atoms with van der Waals surface area (Å²) in [5.74, 6) is 1.53. The van der Waals surface area contributed by atoms with Gasteiger partial charge in [-0.2, -0.15) is 0 Å². The van der Waals surface area contributed by atoms with Gasteiger partial charge in [-0.1, -0.05) is 15.9 Å². The van der Waals surface area contributed by atoms with Crippen LogP contribution in [0.4, 0.5) is 0 Å². The highest BCUT2D eigenvalue weighted by Gasteiger charge is 2.31. The van der Waals surface area contributed by atoms with Crippen molar-refractivity contribution >= 4 is 15.9 Å². The minimum absolute atomic E-state index is 0.111. The van der Waals surface area contributed by atoms with Crippen LogP contribution in [0.25, 0.3) is 0 Å². The van der Waals surface area contributed by atoms with Crippen molar-refractivity contribution in [1.29, 1.82) is 0 Å². The first-order chi connectivity index (χ1) is 6.75. The van der Waals surface area contributed by atoms with Crippen molar-refractivity contribution in [2.75, 3.05) is 6.79 Å². The summed E-state index contributed by atoms with van der Waals surface area (Å²) < 4.78 is 10.5. The van der Waals surface area contributed by atoms with E-state index in [2.05, 4.69) is 15.9 Å². The average molecular weight is 257 g/mol. The molecule has 0 saturated heterocycles. The summed E-state index contributed by atoms with van der Waals surface area (Å²) in [6, 6.07) is 3.84. The van der Waals surface area contributed by atoms with Crippen LogP contribution in [0.15, 0.2) is 12.1 Å². The molecule has 1 aliphatic heterocycles. The van der Waals surface area contributed by atoms with E-state index in [9.17, 15) is 5.11 Å². The number of hydrogen-bond donors (Lipinski definition) is 1. The third kappa shape index (κ3) is 1.07. The zero-order valence-corrected chi connectivity index (χ0v) is 8.95. The monoisotopic (exact) mass is 256 g/mol. The van der Waals surface area contributed by atoms with E-state index in [1.54, 1.807) is 0 Å². The van der Waals surface area contributed by atoms with Gasteiger partial charge in [0.05, 0.1) is 6.10 Å². The van der Waals surface area contributed by atoms with Crippen LogP contribution in [0.5, 0.6) is 11.5 Å². The molecule has 0 fully saturated rings. The average Bonchev–Trinajstić information content (AvgIpc) is 2.70. The molecule has 2 unspecified atom stereocenters. The largest absolute Gasteiger partial charge is 0.454 e. The molecule has 74 valence electrons. The molecule has 1 heterocycles. The fourth-order valence-electron chi connectivity index (χ4n) is 1.97. The van der Waals surface area contributed by atoms with E-state index in [0.29, 0.717) is 0 Å². The third-order valence-corrected chi connectivity index (χ3v) is 3.54. The molecule has 1 aromatic rings. The molecule has 3 nitrogen and oxygen atoms in total. The Kier molecular flexibility index (Phi) is 1.76. The molecule has 1 aliphatic carbocycles. The number of rotatable bonds is 0. The van der Waals surface area contributed by atoms with Crippen LogP contribution in [-0.4, -0.2) is 16.7 Å². The molecule has 2 aliphatic rings. The molecule has 1 N–H and O–H groups in total. The molecule has 0 bridgehead atoms. The summed E-state index contributed by atoms with van der Waals surface area (Å²) in [6.07, 6.45) is 0.409. The highest BCUT2D eigenvalue weighted by atomic mass is 79.9. The van der Waals surface area contributed by atoms with Crippen molar-refractivity contribution in [3.8, 4) is 11.5 Å². The summed E-state index contributed by atoms with van der Waals surface area (Å²) in [5.41, 5.74) is 2.10. The zero-order valence-electron chi connectivity index (χ0n) is 7.37. The Hall–Kier alpha value is -0.740. The molecule has 4 heteroatoms. The lowest BCUT2D eigenvalue weighted by atomic mass is 10.1. The van der Waals surface area contributed by atoms with E-state index in [1.807, 2.05) is 12.1 Å². The quantitative estimate of drug-likeness (QED) is 0.720. The van der Waals surface area contributed by atoms with E-state index in [4.69, 9.17) is 9.47 Å². The molecule has 14 heavy (non-hydrogen) atoms. The summed E-state index contributed by atoms with van der Waals surface area (Å²) >= 11 is 3.44. The molecule has 0 spiro atoms. The normalized spacial score (nSPS) is 27.9. The van der Waals surface area contributed by atoms with Gasteiger partial charge in [0.1, 0.15) is 0 Å². The van der Waals surface area contributed by atoms with Gasteiger partial charge >= 0.3 is 0 Å². The van der Waals surface area contributed by atoms with Crippen LogP contribution in [0.3, 0.4) is 0 Å². The van der Waals surface area contributed by atoms with E-state index < -0.39 is 6.10 Å². The lowest BCUT2D eigenvalue weighted by Crippen LogP contribution is -2.04. The smallest absolute Gasteiger partial charge is 0.231 e. The fourth-order valence-corrected chi connectivity index (χ4v) is 2.60. The van der Waals surface area contributed by atoms with Crippen molar-refractivity contribution in [3.63, 3.8) is 0 Å². The van der Waals surface area contributed by atoms with Gasteiger partial charge in [0, 0.05) is 4.83 Å². The molecule has 0 aromatic heterocycles. The van der Waals surface area contributed by atoms with Crippen LogP contribution < -0.4 is 9.47 Å². The standard InChI is InChI=1S/C10H9BrO3/c11-7-1-5-2-8-9(14-4-13-8)3-6(5)10(7)12/h2-3,7,10,12H,1,4H2. The molecule has 3 rings (SSSR count). The lowest BCUT2D eigenvalue weighted by molar-refractivity contribution is 0.172. The minimum Gasteiger partial charge on any atom is -0.454 e. The van der Waals surface area contributed by atoms with Crippen molar-refractivity contribution in [2.45, 2.75) is 17.4 Å². The third-order valence-electron chi connectivity index (χ3n) is 2.71. The molecule has 0 radical (unpaired) electrons. The summed E-state index contributed by atoms with van der Waals surface area (Å²) in [7, 11) is 0. The van der Waals surface area contributed by atoms with Crippen LogP contribution in [-0.2, 0) is 6.42 Å². The number of halogens is 1. The maximum Gasteiger partial charge on any atom is 0.231 e. The Bertz CT molecular complexity index is 391. The van der Waals surface area contributed by atoms with E-state index in [0.717, 1.165) is 29.0 Å². The van der Waals surface area contributed by atoms with Crippen LogP contribution in [0, 0.1) is 0 Å². The van der Waals surface area contributed by atoms with Crippen molar-refractivity contribution < 1.29 is 14.6 Å². The first kappa shape index (κ1) is 8.56. The first-order valence-corrected chi connectivity index (χ1v) is 5.42. The highest BCUT2D eigenvalue weighted by molar-refractivity contribution is 9.09. The lowest BCUT2D eigenvalue weighted by Gasteiger charge is -2.07. The van der Waals surface area contributed by atoms with Crippen LogP contribution >= 0.6 is 15.9 Å². The molecule has 1 aromatic carbocycles. The maximum absolute atomic E-state index is 9.84. The number of aliphatic hydroxyl groups is 1. The van der Waals surface area contributed by atoms with Crippen molar-refractivity contribution in [2.24, 2.45) is 0 Å². The second-order valence-corrected chi connectivity index (χ2v) is 4.75. The Morgan fingerprint density at radius 3 is 2.79 bits per heavy atom. The van der Waals surface area contributed by atoms with Gasteiger partial charge in [-0.3, -0.25) is 0 Å². The number of aliphatic hydroxyl groups excluding tert-OH is 1. The minimum atomic E-state index is -0.431. The van der Waals surface area contributed by atoms with Gasteiger partial charge in [0.15, 0.2) is 11.5 Å². The second kappa shape index (κ2) is 2.87. The Morgan fingerprint density at radius 2 is 2.00 bits per heavy atom. The van der Waals surface area contributed by atoms with Crippen LogP contribution in [0.2, 0.25) is 0 Å². The van der Waals surface area contributed by atoms with Gasteiger partial charge < -0.3 is 14.6 Å². The van der Waals surface area contributed by atoms with Gasteiger partial charge in [0.25, 0.3) is 0 Å². The summed E-state index contributed by atoms with van der Waals surface area (Å²) in [5, 5.41) is 9.84. The summed E-state index contributed by atoms with van der Waals surface area (Å²) in [6.45, 7) is 0.284. The Labute approximate surface area is 89.8 Å². The molecule has 2 atom stereocenters. The van der Waals surface area contributed by atoms with Crippen LogP contribution in [0.1, 0.15) is 17.2 Å². The Balaban J connectivity index is 2.13. The molecule has 0 saturated carbocycles. The zero-order chi connectivity index (χ0) is 9.71. The first-order valence-electron chi connectivity index (χ1n) is 4.50. The highest BCUT2D eigenvalue weighted by Crippen LogP contribution is 2.43. The molecular formula is C10H9BrO3. The topological polar surface area (TPSA) is 38.7 Å². The Morgan fingerprint density at radius 1 is 1.29 bits per heavy atom. The summed E-state index contributed by atoms with van der Waals surface area (Å²) in [4.78, 5) is 0.111. The van der Waals surface area contributed by atoms with E-state index >= 15 is 0 Å². The molecule has 0 amide bonds. The maximum atomic E-state index is 9.84. The number of fused-ring (bicyclic) bond motifs is 2. The van der Waals surface area contributed by atoms with Gasteiger partial charge in [-0.05, 0) is 29.7 Å². The number of alkyl halides is 1. The predicted octanol–water partition coefficient (Wildman–Crippen LogP) is 1.77. The predicted molar refractivity (Wildman–Crippen MR) is 53.9 cm³/mol. The number of hydrogen-bond acceptors (Lipinski definition) is 3. The number of benzene rings is 1. The fraction of sp³-hybridized carbons (Fsp3) is 0.400. The second-order valence-electron chi connectivity index (χ2n) is 3.57. The van der Waals surface area contributed by atoms with Crippen molar-refractivity contribution in [1.82, 2.24) is 0 Å². The van der Waals surface area contributed by atoms with Gasteiger partial charge in [0.2, 0.25) is 6.79 Å². The van der Waals surface area contributed by atoms with Gasteiger partial charge in [-0.15, -0.1) is 0 Å². The van der Waals surface area contributed by atoms with Gasteiger partial charge in [-0.25, -0.2) is 0 Å². The molecular weight excluding hydrogens is 248 g/mol. The van der Waals surface area contributed by atoms with E-state index in [-0.39, 0.29) is 11.6 Å².